The molecule has 102 valence electrons. The van der Waals surface area contributed by atoms with E-state index in [0.717, 1.165) is 29.2 Å². The molecule has 1 fully saturated rings. The molecule has 19 heavy (non-hydrogen) atoms. The van der Waals surface area contributed by atoms with Crippen LogP contribution < -0.4 is 4.74 Å². The van der Waals surface area contributed by atoms with Crippen LogP contribution in [0.25, 0.3) is 11.0 Å². The van der Waals surface area contributed by atoms with Crippen LogP contribution in [0.5, 0.6) is 5.75 Å². The molecule has 1 aliphatic rings. The van der Waals surface area contributed by atoms with Crippen molar-refractivity contribution in [1.29, 1.82) is 0 Å². The summed E-state index contributed by atoms with van der Waals surface area (Å²) in [6.07, 6.45) is 4.00. The molecule has 2 aromatic rings. The van der Waals surface area contributed by atoms with Crippen molar-refractivity contribution in [3.05, 3.63) is 24.0 Å². The number of imidazole rings is 1. The highest BCUT2D eigenvalue weighted by Gasteiger charge is 2.12. The summed E-state index contributed by atoms with van der Waals surface area (Å²) in [5.41, 5.74) is 2.09. The van der Waals surface area contributed by atoms with Crippen LogP contribution in [0.15, 0.2) is 18.2 Å². The first-order chi connectivity index (χ1) is 9.35. The molecular formula is C15H21N3O. The zero-order valence-corrected chi connectivity index (χ0v) is 11.5. The minimum Gasteiger partial charge on any atom is -0.494 e. The molecule has 1 aromatic carbocycles. The Morgan fingerprint density at radius 2 is 2.11 bits per heavy atom. The van der Waals surface area contributed by atoms with Gasteiger partial charge in [0.1, 0.15) is 11.6 Å². The maximum atomic E-state index is 5.51. The molecule has 1 saturated heterocycles. The third kappa shape index (κ3) is 2.89. The zero-order valence-electron chi connectivity index (χ0n) is 11.5. The van der Waals surface area contributed by atoms with Crippen molar-refractivity contribution < 1.29 is 4.74 Å². The van der Waals surface area contributed by atoms with Crippen LogP contribution >= 0.6 is 0 Å². The summed E-state index contributed by atoms with van der Waals surface area (Å²) in [5, 5.41) is 0. The smallest absolute Gasteiger partial charge is 0.121 e. The van der Waals surface area contributed by atoms with E-state index in [9.17, 15) is 0 Å². The Kier molecular flexibility index (Phi) is 3.69. The predicted molar refractivity (Wildman–Crippen MR) is 76.4 cm³/mol. The van der Waals surface area contributed by atoms with Crippen molar-refractivity contribution in [2.45, 2.75) is 32.7 Å². The summed E-state index contributed by atoms with van der Waals surface area (Å²) in [6, 6.07) is 6.04. The molecule has 1 aromatic heterocycles. The van der Waals surface area contributed by atoms with Gasteiger partial charge < -0.3 is 9.72 Å². The van der Waals surface area contributed by atoms with E-state index in [0.29, 0.717) is 6.61 Å². The Labute approximate surface area is 113 Å². The predicted octanol–water partition coefficient (Wildman–Crippen LogP) is 2.95. The van der Waals surface area contributed by atoms with E-state index in [-0.39, 0.29) is 0 Å². The van der Waals surface area contributed by atoms with Gasteiger partial charge >= 0.3 is 0 Å². The average Bonchev–Trinajstić information content (AvgIpc) is 2.82. The summed E-state index contributed by atoms with van der Waals surface area (Å²) in [5.74, 6) is 1.97. The molecule has 0 amide bonds. The standard InChI is InChI=1S/C15H21N3O/c1-2-19-12-6-7-13-14(10-12)17-15(16-13)11-18-8-4-3-5-9-18/h6-7,10H,2-5,8-9,11H2,1H3,(H,16,17). The molecule has 0 spiro atoms. The number of nitrogens with one attached hydrogen (secondary N) is 1. The monoisotopic (exact) mass is 259 g/mol. The Balaban J connectivity index is 1.76. The molecule has 3 rings (SSSR count). The van der Waals surface area contributed by atoms with Gasteiger partial charge in [-0.3, -0.25) is 4.90 Å². The number of benzene rings is 1. The fraction of sp³-hybridized carbons (Fsp3) is 0.533. The number of rotatable bonds is 4. The number of aromatic amines is 1. The second-order valence-corrected chi connectivity index (χ2v) is 5.13. The average molecular weight is 259 g/mol. The SMILES string of the molecule is CCOc1ccc2nc(CN3CCCCC3)[nH]c2c1. The second-order valence-electron chi connectivity index (χ2n) is 5.13. The van der Waals surface area contributed by atoms with Gasteiger partial charge in [-0.15, -0.1) is 0 Å². The number of hydrogen-bond acceptors (Lipinski definition) is 3. The third-order valence-corrected chi connectivity index (χ3v) is 3.64. The fourth-order valence-electron chi connectivity index (χ4n) is 2.70. The fourth-order valence-corrected chi connectivity index (χ4v) is 2.70. The van der Waals surface area contributed by atoms with E-state index in [2.05, 4.69) is 14.9 Å². The number of aromatic nitrogens is 2. The zero-order chi connectivity index (χ0) is 13.1. The molecule has 0 aliphatic carbocycles. The van der Waals surface area contributed by atoms with Gasteiger partial charge in [-0.25, -0.2) is 4.98 Å². The molecule has 4 heteroatoms. The van der Waals surface area contributed by atoms with Crippen LogP contribution in [0.1, 0.15) is 32.0 Å². The van der Waals surface area contributed by atoms with E-state index in [1.54, 1.807) is 0 Å². The first-order valence-electron chi connectivity index (χ1n) is 7.19. The van der Waals surface area contributed by atoms with Crippen molar-refractivity contribution in [2.24, 2.45) is 0 Å². The van der Waals surface area contributed by atoms with E-state index in [1.165, 1.54) is 32.4 Å². The van der Waals surface area contributed by atoms with Gasteiger partial charge in [0.15, 0.2) is 0 Å². The summed E-state index contributed by atoms with van der Waals surface area (Å²) in [7, 11) is 0. The van der Waals surface area contributed by atoms with Crippen LogP contribution in [0.4, 0.5) is 0 Å². The van der Waals surface area contributed by atoms with Crippen LogP contribution in [0.2, 0.25) is 0 Å². The van der Waals surface area contributed by atoms with E-state index in [4.69, 9.17) is 4.74 Å². The Morgan fingerprint density at radius 1 is 1.26 bits per heavy atom. The van der Waals surface area contributed by atoms with Crippen LogP contribution in [-0.4, -0.2) is 34.6 Å². The minimum absolute atomic E-state index is 0.695. The third-order valence-electron chi connectivity index (χ3n) is 3.64. The molecule has 4 nitrogen and oxygen atoms in total. The van der Waals surface area contributed by atoms with Gasteiger partial charge in [-0.05, 0) is 45.0 Å². The lowest BCUT2D eigenvalue weighted by molar-refractivity contribution is 0.216. The molecule has 0 unspecified atom stereocenters. The lowest BCUT2D eigenvalue weighted by Gasteiger charge is -2.25. The highest BCUT2D eigenvalue weighted by atomic mass is 16.5. The molecule has 0 bridgehead atoms. The van der Waals surface area contributed by atoms with Gasteiger partial charge in [-0.2, -0.15) is 0 Å². The normalized spacial score (nSPS) is 16.9. The largest absolute Gasteiger partial charge is 0.494 e. The summed E-state index contributed by atoms with van der Waals surface area (Å²) in [6.45, 7) is 6.01. The highest BCUT2D eigenvalue weighted by Crippen LogP contribution is 2.20. The maximum absolute atomic E-state index is 5.51. The Morgan fingerprint density at radius 3 is 2.89 bits per heavy atom. The maximum Gasteiger partial charge on any atom is 0.121 e. The van der Waals surface area contributed by atoms with Crippen molar-refractivity contribution >= 4 is 11.0 Å². The first-order valence-corrected chi connectivity index (χ1v) is 7.19. The number of nitrogens with zero attached hydrogens (tertiary/aromatic N) is 2. The van der Waals surface area contributed by atoms with Crippen molar-refractivity contribution in [3.63, 3.8) is 0 Å². The lowest BCUT2D eigenvalue weighted by atomic mass is 10.1. The molecule has 2 heterocycles. The van der Waals surface area contributed by atoms with Crippen LogP contribution in [-0.2, 0) is 6.54 Å². The molecular weight excluding hydrogens is 238 g/mol. The van der Waals surface area contributed by atoms with Crippen LogP contribution in [0, 0.1) is 0 Å². The number of likely N-dealkylation sites (tertiary alicyclic amines) is 1. The topological polar surface area (TPSA) is 41.1 Å². The first kappa shape index (κ1) is 12.5. The molecule has 0 atom stereocenters. The van der Waals surface area contributed by atoms with E-state index in [1.807, 2.05) is 25.1 Å². The van der Waals surface area contributed by atoms with Gasteiger partial charge in [0.2, 0.25) is 0 Å². The number of hydrogen-bond donors (Lipinski definition) is 1. The number of fused-ring (bicyclic) bond motifs is 1. The molecule has 1 aliphatic heterocycles. The summed E-state index contributed by atoms with van der Waals surface area (Å²) < 4.78 is 5.51. The quantitative estimate of drug-likeness (QED) is 0.917. The number of piperidine rings is 1. The molecule has 1 N–H and O–H groups in total. The Hall–Kier alpha value is -1.55. The van der Waals surface area contributed by atoms with Crippen molar-refractivity contribution in [2.75, 3.05) is 19.7 Å². The van der Waals surface area contributed by atoms with Gasteiger partial charge in [0, 0.05) is 6.07 Å². The van der Waals surface area contributed by atoms with Crippen molar-refractivity contribution in [3.8, 4) is 5.75 Å². The van der Waals surface area contributed by atoms with Gasteiger partial charge in [0.05, 0.1) is 24.2 Å². The highest BCUT2D eigenvalue weighted by molar-refractivity contribution is 5.76. The summed E-state index contributed by atoms with van der Waals surface area (Å²) in [4.78, 5) is 10.5. The van der Waals surface area contributed by atoms with E-state index >= 15 is 0 Å². The lowest BCUT2D eigenvalue weighted by Crippen LogP contribution is -2.29. The Bertz CT molecular complexity index is 543. The number of H-pyrrole nitrogens is 1. The summed E-state index contributed by atoms with van der Waals surface area (Å²) >= 11 is 0. The molecule has 0 saturated carbocycles. The van der Waals surface area contributed by atoms with Crippen molar-refractivity contribution in [1.82, 2.24) is 14.9 Å². The van der Waals surface area contributed by atoms with Crippen LogP contribution in [0.3, 0.4) is 0 Å². The second kappa shape index (κ2) is 5.61. The van der Waals surface area contributed by atoms with E-state index < -0.39 is 0 Å². The van der Waals surface area contributed by atoms with Gasteiger partial charge in [0.25, 0.3) is 0 Å². The van der Waals surface area contributed by atoms with Gasteiger partial charge in [-0.1, -0.05) is 6.42 Å². The minimum atomic E-state index is 0.695. The number of ether oxygens (including phenoxy) is 1. The molecule has 0 radical (unpaired) electrons.